The number of anilines is 2. The van der Waals surface area contributed by atoms with Crippen LogP contribution >= 0.6 is 0 Å². The van der Waals surface area contributed by atoms with Gasteiger partial charge in [-0.3, -0.25) is 10.6 Å². The Morgan fingerprint density at radius 1 is 0.622 bits per heavy atom. The molecule has 4 aromatic rings. The highest BCUT2D eigenvalue weighted by atomic mass is 16.6. The Kier molecular flexibility index (Phi) is 14.1. The molecule has 45 heavy (non-hydrogen) atoms. The minimum Gasteiger partial charge on any atom is -0.445 e. The first kappa shape index (κ1) is 35.4. The molecular formula is C35H36N4O6. The number of carbonyl (C=O) groups excluding carboxylic acids is 4. The first-order valence-electron chi connectivity index (χ1n) is 13.3. The van der Waals surface area contributed by atoms with E-state index in [1.54, 1.807) is 55.5 Å². The summed E-state index contributed by atoms with van der Waals surface area (Å²) in [4.78, 5) is 52.3. The minimum absolute atomic E-state index is 0. The average Bonchev–Trinajstić information content (AvgIpc) is 3.00. The maximum atomic E-state index is 12.3. The third kappa shape index (κ3) is 11.8. The predicted molar refractivity (Wildman–Crippen MR) is 175 cm³/mol. The van der Waals surface area contributed by atoms with Crippen molar-refractivity contribution >= 4 is 47.1 Å². The van der Waals surface area contributed by atoms with Crippen LogP contribution in [0.2, 0.25) is 0 Å². The molecule has 1 atom stereocenters. The summed E-state index contributed by atoms with van der Waals surface area (Å²) in [6.45, 7) is 1.49. The molecular weight excluding hydrogens is 572 g/mol. The summed E-state index contributed by atoms with van der Waals surface area (Å²) in [7, 11) is 0. The van der Waals surface area contributed by atoms with Gasteiger partial charge in [0.15, 0.2) is 0 Å². The number of carbonyl (C=O) groups is 2. The molecule has 0 heterocycles. The third-order valence-electron chi connectivity index (χ3n) is 6.20. The van der Waals surface area contributed by atoms with Crippen molar-refractivity contribution in [3.63, 3.8) is 0 Å². The standard InChI is InChI=1S/C33H28N4O6.2CH4/c1-23(43-33(41)37-31-16-8-27(9-17-31)19-25-4-12-29(13-5-25)35-22-39)20-42-32(40)36-30-14-6-26(7-15-30)18-24-2-10-28(11-3-24)34-21-38;;/h2-17,23H,18-20H2,1H3,(H,36,40)(H,37,41);2*1H4. The second-order valence-corrected chi connectivity index (χ2v) is 9.55. The molecule has 10 nitrogen and oxygen atoms in total. The van der Waals surface area contributed by atoms with Gasteiger partial charge in [-0.15, -0.1) is 0 Å². The first-order valence-corrected chi connectivity index (χ1v) is 13.3. The van der Waals surface area contributed by atoms with Gasteiger partial charge in [0.25, 0.3) is 0 Å². The number of amides is 2. The molecule has 0 radical (unpaired) electrons. The fraction of sp³-hybridized carbons (Fsp3) is 0.200. The number of hydrogen-bond donors (Lipinski definition) is 2. The van der Waals surface area contributed by atoms with Crippen LogP contribution in [0.5, 0.6) is 0 Å². The Labute approximate surface area is 262 Å². The number of benzene rings is 4. The number of rotatable bonds is 11. The Hall–Kier alpha value is -5.82. The number of hydrogen-bond acceptors (Lipinski definition) is 8. The first-order chi connectivity index (χ1) is 20.9. The molecule has 4 aromatic carbocycles. The number of isocyanates is 2. The molecule has 0 spiro atoms. The Morgan fingerprint density at radius 2 is 0.978 bits per heavy atom. The van der Waals surface area contributed by atoms with Crippen molar-refractivity contribution in [2.75, 3.05) is 17.2 Å². The summed E-state index contributed by atoms with van der Waals surface area (Å²) in [5.41, 5.74) is 6.37. The number of ether oxygens (including phenoxy) is 2. The van der Waals surface area contributed by atoms with Crippen molar-refractivity contribution in [3.8, 4) is 0 Å². The van der Waals surface area contributed by atoms with Gasteiger partial charge in [-0.2, -0.15) is 9.98 Å². The molecule has 0 aliphatic carbocycles. The van der Waals surface area contributed by atoms with Crippen molar-refractivity contribution in [3.05, 3.63) is 119 Å². The summed E-state index contributed by atoms with van der Waals surface area (Å²) in [6.07, 6.45) is 2.36. The Bertz CT molecular complexity index is 1620. The molecule has 0 saturated carbocycles. The van der Waals surface area contributed by atoms with Gasteiger partial charge in [-0.05, 0) is 90.6 Å². The summed E-state index contributed by atoms with van der Waals surface area (Å²) < 4.78 is 10.5. The zero-order chi connectivity index (χ0) is 30.4. The number of aliphatic imine (C=N–C) groups is 2. The zero-order valence-electron chi connectivity index (χ0n) is 23.3. The van der Waals surface area contributed by atoms with Crippen molar-refractivity contribution in [2.45, 2.75) is 40.7 Å². The van der Waals surface area contributed by atoms with Crippen LogP contribution < -0.4 is 10.6 Å². The molecule has 0 aliphatic rings. The van der Waals surface area contributed by atoms with Crippen molar-refractivity contribution in [1.82, 2.24) is 0 Å². The van der Waals surface area contributed by atoms with E-state index >= 15 is 0 Å². The fourth-order valence-electron chi connectivity index (χ4n) is 4.08. The zero-order valence-corrected chi connectivity index (χ0v) is 23.3. The fourth-order valence-corrected chi connectivity index (χ4v) is 4.08. The maximum absolute atomic E-state index is 12.3. The van der Waals surface area contributed by atoms with Gasteiger partial charge in [0.1, 0.15) is 12.7 Å². The van der Waals surface area contributed by atoms with Crippen molar-refractivity contribution in [1.29, 1.82) is 0 Å². The lowest BCUT2D eigenvalue weighted by atomic mass is 10.0. The van der Waals surface area contributed by atoms with Crippen LogP contribution in [0.4, 0.5) is 32.3 Å². The SMILES string of the molecule is C.C.CC(COC(=O)Nc1ccc(Cc2ccc(N=C=O)cc2)cc1)OC(=O)Nc1ccc(Cc2ccc(N=C=O)cc2)cc1. The molecule has 4 rings (SSSR count). The molecule has 10 heteroatoms. The van der Waals surface area contributed by atoms with Crippen molar-refractivity contribution < 1.29 is 28.7 Å². The van der Waals surface area contributed by atoms with E-state index in [1.807, 2.05) is 48.5 Å². The van der Waals surface area contributed by atoms with Gasteiger partial charge in [0.2, 0.25) is 12.2 Å². The average molecular weight is 609 g/mol. The van der Waals surface area contributed by atoms with E-state index in [-0.39, 0.29) is 21.5 Å². The molecule has 1 unspecified atom stereocenters. The molecule has 0 saturated heterocycles. The maximum Gasteiger partial charge on any atom is 0.412 e. The topological polar surface area (TPSA) is 136 Å². The van der Waals surface area contributed by atoms with Gasteiger partial charge in [-0.1, -0.05) is 63.4 Å². The lowest BCUT2D eigenvalue weighted by Gasteiger charge is -2.15. The minimum atomic E-state index is -0.678. The van der Waals surface area contributed by atoms with Gasteiger partial charge in [-0.25, -0.2) is 19.2 Å². The van der Waals surface area contributed by atoms with Gasteiger partial charge in [0.05, 0.1) is 11.4 Å². The Morgan fingerprint density at radius 3 is 1.36 bits per heavy atom. The second kappa shape index (κ2) is 18.0. The highest BCUT2D eigenvalue weighted by Gasteiger charge is 2.13. The van der Waals surface area contributed by atoms with E-state index in [2.05, 4.69) is 20.6 Å². The Balaban J connectivity index is 0.00000353. The summed E-state index contributed by atoms with van der Waals surface area (Å²) in [5.74, 6) is 0. The lowest BCUT2D eigenvalue weighted by Crippen LogP contribution is -2.26. The quantitative estimate of drug-likeness (QED) is 0.130. The van der Waals surface area contributed by atoms with Crippen LogP contribution in [-0.2, 0) is 31.9 Å². The van der Waals surface area contributed by atoms with Crippen LogP contribution in [0.15, 0.2) is 107 Å². The summed E-state index contributed by atoms with van der Waals surface area (Å²) in [6, 6.07) is 29.1. The number of nitrogens with zero attached hydrogens (tertiary/aromatic N) is 2. The van der Waals surface area contributed by atoms with E-state index < -0.39 is 18.3 Å². The summed E-state index contributed by atoms with van der Waals surface area (Å²) >= 11 is 0. The largest absolute Gasteiger partial charge is 0.445 e. The van der Waals surface area contributed by atoms with E-state index in [9.17, 15) is 19.2 Å². The van der Waals surface area contributed by atoms with Crippen LogP contribution in [0.25, 0.3) is 0 Å². The third-order valence-corrected chi connectivity index (χ3v) is 6.20. The highest BCUT2D eigenvalue weighted by Crippen LogP contribution is 2.19. The second-order valence-electron chi connectivity index (χ2n) is 9.55. The van der Waals surface area contributed by atoms with E-state index in [0.717, 1.165) is 22.3 Å². The van der Waals surface area contributed by atoms with Gasteiger partial charge < -0.3 is 9.47 Å². The van der Waals surface area contributed by atoms with Gasteiger partial charge >= 0.3 is 12.2 Å². The normalized spacial score (nSPS) is 10.3. The molecule has 2 N–H and O–H groups in total. The van der Waals surface area contributed by atoms with E-state index in [1.165, 1.54) is 12.2 Å². The highest BCUT2D eigenvalue weighted by molar-refractivity contribution is 5.85. The summed E-state index contributed by atoms with van der Waals surface area (Å²) in [5, 5.41) is 5.31. The van der Waals surface area contributed by atoms with E-state index in [4.69, 9.17) is 9.47 Å². The van der Waals surface area contributed by atoms with Crippen molar-refractivity contribution in [2.24, 2.45) is 9.98 Å². The van der Waals surface area contributed by atoms with Crippen LogP contribution in [-0.4, -0.2) is 37.1 Å². The number of nitrogens with one attached hydrogen (secondary N) is 2. The molecule has 2 amide bonds. The van der Waals surface area contributed by atoms with Gasteiger partial charge in [0, 0.05) is 11.4 Å². The van der Waals surface area contributed by atoms with Crippen LogP contribution in [0, 0.1) is 0 Å². The molecule has 0 fully saturated rings. The molecule has 0 bridgehead atoms. The molecule has 232 valence electrons. The van der Waals surface area contributed by atoms with E-state index in [0.29, 0.717) is 35.6 Å². The predicted octanol–water partition coefficient (Wildman–Crippen LogP) is 8.26. The van der Waals surface area contributed by atoms with Crippen LogP contribution in [0.3, 0.4) is 0 Å². The molecule has 0 aromatic heterocycles. The monoisotopic (exact) mass is 608 g/mol. The molecule has 0 aliphatic heterocycles. The van der Waals surface area contributed by atoms with Crippen LogP contribution in [0.1, 0.15) is 44.0 Å². The lowest BCUT2D eigenvalue weighted by molar-refractivity contribution is 0.0651. The smallest absolute Gasteiger partial charge is 0.412 e.